The number of nitrogens with two attached hydrogens (primary N) is 2. The van der Waals surface area contributed by atoms with E-state index < -0.39 is 21.7 Å². The standard InChI is InChI=1S/C13H14FN3O3S2/c1-17(7-8-2-4-9(14)5-3-8)22(19,20)11-6-10(12(15)18)13(16)21-11/h2-6H,7,16H2,1H3,(H2,15,18). The van der Waals surface area contributed by atoms with Crippen molar-refractivity contribution < 1.29 is 17.6 Å². The maximum Gasteiger partial charge on any atom is 0.252 e. The van der Waals surface area contributed by atoms with Gasteiger partial charge in [-0.15, -0.1) is 11.3 Å². The summed E-state index contributed by atoms with van der Waals surface area (Å²) in [7, 11) is -2.42. The van der Waals surface area contributed by atoms with Crippen LogP contribution in [0.3, 0.4) is 0 Å². The predicted molar refractivity (Wildman–Crippen MR) is 82.3 cm³/mol. The van der Waals surface area contributed by atoms with Gasteiger partial charge in [0, 0.05) is 13.6 Å². The molecule has 1 aromatic carbocycles. The normalized spacial score (nSPS) is 11.8. The van der Waals surface area contributed by atoms with Crippen molar-refractivity contribution >= 4 is 32.3 Å². The molecule has 1 amide bonds. The van der Waals surface area contributed by atoms with Crippen molar-refractivity contribution in [1.82, 2.24) is 4.31 Å². The number of primary amides is 1. The molecule has 0 saturated heterocycles. The van der Waals surface area contributed by atoms with Crippen LogP contribution >= 0.6 is 11.3 Å². The smallest absolute Gasteiger partial charge is 0.252 e. The van der Waals surface area contributed by atoms with Crippen molar-refractivity contribution in [2.24, 2.45) is 5.73 Å². The number of nitrogen functional groups attached to an aromatic ring is 1. The second kappa shape index (κ2) is 6.03. The van der Waals surface area contributed by atoms with E-state index in [1.807, 2.05) is 0 Å². The molecule has 0 unspecified atom stereocenters. The zero-order chi connectivity index (χ0) is 16.5. The van der Waals surface area contributed by atoms with Crippen LogP contribution in [0.4, 0.5) is 9.39 Å². The molecule has 4 N–H and O–H groups in total. The zero-order valence-electron chi connectivity index (χ0n) is 11.6. The number of rotatable bonds is 5. The molecule has 0 bridgehead atoms. The Morgan fingerprint density at radius 1 is 1.32 bits per heavy atom. The minimum absolute atomic E-state index is 0.0150. The highest BCUT2D eigenvalue weighted by atomic mass is 32.2. The second-order valence-corrected chi connectivity index (χ2v) is 7.95. The summed E-state index contributed by atoms with van der Waals surface area (Å²) in [6, 6.07) is 6.67. The van der Waals surface area contributed by atoms with Crippen LogP contribution in [0.2, 0.25) is 0 Å². The summed E-state index contributed by atoms with van der Waals surface area (Å²) in [6.45, 7) is 0.0618. The molecule has 1 heterocycles. The van der Waals surface area contributed by atoms with Crippen molar-refractivity contribution in [3.8, 4) is 0 Å². The van der Waals surface area contributed by atoms with Crippen molar-refractivity contribution in [2.75, 3.05) is 12.8 Å². The first kappa shape index (κ1) is 16.4. The largest absolute Gasteiger partial charge is 0.390 e. The number of hydrogen-bond donors (Lipinski definition) is 2. The summed E-state index contributed by atoms with van der Waals surface area (Å²) < 4.78 is 38.8. The van der Waals surface area contributed by atoms with Gasteiger partial charge in [-0.2, -0.15) is 4.31 Å². The molecule has 0 aliphatic heterocycles. The molecular formula is C13H14FN3O3S2. The summed E-state index contributed by atoms with van der Waals surface area (Å²) >= 11 is 0.778. The summed E-state index contributed by atoms with van der Waals surface area (Å²) in [5.74, 6) is -1.18. The maximum absolute atomic E-state index is 12.9. The number of amides is 1. The Morgan fingerprint density at radius 3 is 2.41 bits per heavy atom. The zero-order valence-corrected chi connectivity index (χ0v) is 13.2. The van der Waals surface area contributed by atoms with Gasteiger partial charge in [-0.3, -0.25) is 4.79 Å². The van der Waals surface area contributed by atoms with E-state index in [2.05, 4.69) is 0 Å². The van der Waals surface area contributed by atoms with E-state index in [9.17, 15) is 17.6 Å². The number of thiophene rings is 1. The molecule has 22 heavy (non-hydrogen) atoms. The fourth-order valence-corrected chi connectivity index (χ4v) is 4.42. The number of sulfonamides is 1. The summed E-state index contributed by atoms with van der Waals surface area (Å²) in [6.07, 6.45) is 0. The fourth-order valence-electron chi connectivity index (χ4n) is 1.79. The summed E-state index contributed by atoms with van der Waals surface area (Å²) in [4.78, 5) is 11.2. The van der Waals surface area contributed by atoms with Gasteiger partial charge in [-0.25, -0.2) is 12.8 Å². The molecule has 1 aromatic heterocycles. The first-order valence-corrected chi connectivity index (χ1v) is 8.37. The highest BCUT2D eigenvalue weighted by molar-refractivity contribution is 7.91. The Morgan fingerprint density at radius 2 is 1.91 bits per heavy atom. The maximum atomic E-state index is 12.9. The molecule has 0 aliphatic rings. The first-order chi connectivity index (χ1) is 10.2. The number of carbonyl (C=O) groups excluding carboxylic acids is 1. The third-order valence-corrected chi connectivity index (χ3v) is 6.20. The lowest BCUT2D eigenvalue weighted by Crippen LogP contribution is -2.25. The van der Waals surface area contributed by atoms with Crippen LogP contribution in [0.1, 0.15) is 15.9 Å². The SMILES string of the molecule is CN(Cc1ccc(F)cc1)S(=O)(=O)c1cc(C(N)=O)c(N)s1. The third kappa shape index (κ3) is 3.26. The lowest BCUT2D eigenvalue weighted by molar-refractivity contribution is 0.100. The van der Waals surface area contributed by atoms with E-state index in [4.69, 9.17) is 11.5 Å². The number of hydrogen-bond acceptors (Lipinski definition) is 5. The number of nitrogens with zero attached hydrogens (tertiary/aromatic N) is 1. The van der Waals surface area contributed by atoms with Crippen LogP contribution in [0.25, 0.3) is 0 Å². The summed E-state index contributed by atoms with van der Waals surface area (Å²) in [5.41, 5.74) is 11.3. The van der Waals surface area contributed by atoms with E-state index in [1.165, 1.54) is 37.4 Å². The fraction of sp³-hybridized carbons (Fsp3) is 0.154. The van der Waals surface area contributed by atoms with Gasteiger partial charge in [-0.05, 0) is 23.8 Å². The Bertz CT molecular complexity index is 800. The number of halogens is 1. The van der Waals surface area contributed by atoms with Crippen LogP contribution in [-0.4, -0.2) is 25.7 Å². The second-order valence-electron chi connectivity index (χ2n) is 4.60. The molecular weight excluding hydrogens is 329 g/mol. The van der Waals surface area contributed by atoms with Gasteiger partial charge in [0.15, 0.2) is 0 Å². The van der Waals surface area contributed by atoms with Gasteiger partial charge in [0.1, 0.15) is 10.0 Å². The van der Waals surface area contributed by atoms with Gasteiger partial charge in [0.25, 0.3) is 15.9 Å². The van der Waals surface area contributed by atoms with Gasteiger partial charge < -0.3 is 11.5 Å². The summed E-state index contributed by atoms with van der Waals surface area (Å²) in [5, 5.41) is 0.0567. The molecule has 2 rings (SSSR count). The topological polar surface area (TPSA) is 106 Å². The molecule has 0 atom stereocenters. The Labute approximate surface area is 131 Å². The average molecular weight is 343 g/mol. The van der Waals surface area contributed by atoms with Crippen LogP contribution in [-0.2, 0) is 16.6 Å². The van der Waals surface area contributed by atoms with E-state index in [0.29, 0.717) is 5.56 Å². The minimum Gasteiger partial charge on any atom is -0.390 e. The molecule has 9 heteroatoms. The Balaban J connectivity index is 2.27. The highest BCUT2D eigenvalue weighted by Gasteiger charge is 2.25. The highest BCUT2D eigenvalue weighted by Crippen LogP contribution is 2.30. The molecule has 0 radical (unpaired) electrons. The number of benzene rings is 1. The van der Waals surface area contributed by atoms with Gasteiger partial charge in [0.2, 0.25) is 0 Å². The van der Waals surface area contributed by atoms with Crippen molar-refractivity contribution in [1.29, 1.82) is 0 Å². The average Bonchev–Trinajstić information content (AvgIpc) is 2.84. The van der Waals surface area contributed by atoms with Crippen molar-refractivity contribution in [3.63, 3.8) is 0 Å². The first-order valence-electron chi connectivity index (χ1n) is 6.11. The quantitative estimate of drug-likeness (QED) is 0.855. The third-order valence-electron chi connectivity index (χ3n) is 2.99. The minimum atomic E-state index is -3.81. The van der Waals surface area contributed by atoms with E-state index in [-0.39, 0.29) is 21.3 Å². The van der Waals surface area contributed by atoms with Gasteiger partial charge in [-0.1, -0.05) is 12.1 Å². The molecule has 0 fully saturated rings. The molecule has 0 saturated carbocycles. The van der Waals surface area contributed by atoms with E-state index in [0.717, 1.165) is 15.6 Å². The van der Waals surface area contributed by atoms with E-state index >= 15 is 0 Å². The van der Waals surface area contributed by atoms with Gasteiger partial charge in [0.05, 0.1) is 10.6 Å². The molecule has 2 aromatic rings. The monoisotopic (exact) mass is 343 g/mol. The molecule has 0 aliphatic carbocycles. The van der Waals surface area contributed by atoms with Crippen LogP contribution in [0.15, 0.2) is 34.5 Å². The lowest BCUT2D eigenvalue weighted by Gasteiger charge is -2.16. The van der Waals surface area contributed by atoms with E-state index in [1.54, 1.807) is 0 Å². The molecule has 6 nitrogen and oxygen atoms in total. The predicted octanol–water partition coefficient (Wildman–Crippen LogP) is 1.39. The van der Waals surface area contributed by atoms with Crippen molar-refractivity contribution in [2.45, 2.75) is 10.8 Å². The van der Waals surface area contributed by atoms with Crippen LogP contribution in [0.5, 0.6) is 0 Å². The number of carbonyl (C=O) groups is 1. The Hall–Kier alpha value is -1.97. The van der Waals surface area contributed by atoms with Gasteiger partial charge >= 0.3 is 0 Å². The lowest BCUT2D eigenvalue weighted by atomic mass is 10.2. The van der Waals surface area contributed by atoms with Crippen LogP contribution in [0, 0.1) is 5.82 Å². The number of anilines is 1. The Kier molecular flexibility index (Phi) is 4.50. The van der Waals surface area contributed by atoms with Crippen LogP contribution < -0.4 is 11.5 Å². The van der Waals surface area contributed by atoms with Crippen molar-refractivity contribution in [3.05, 3.63) is 47.3 Å². The molecule has 118 valence electrons. The molecule has 0 spiro atoms.